The van der Waals surface area contributed by atoms with Crippen LogP contribution in [-0.2, 0) is 4.79 Å². The van der Waals surface area contributed by atoms with E-state index in [1.165, 1.54) is 12.3 Å². The Morgan fingerprint density at radius 3 is 2.63 bits per heavy atom. The normalized spacial score (nSPS) is 10.3. The third kappa shape index (κ3) is 4.95. The minimum absolute atomic E-state index is 0.0508. The Morgan fingerprint density at radius 1 is 1.37 bits per heavy atom. The molecule has 1 rings (SSSR count). The summed E-state index contributed by atoms with van der Waals surface area (Å²) < 4.78 is 0. The average molecular weight is 265 g/mol. The van der Waals surface area contributed by atoms with Crippen molar-refractivity contribution in [3.63, 3.8) is 0 Å². The Morgan fingerprint density at radius 2 is 2.05 bits per heavy atom. The van der Waals surface area contributed by atoms with Gasteiger partial charge in [-0.15, -0.1) is 0 Å². The highest BCUT2D eigenvalue weighted by Gasteiger charge is 2.10. The number of carbonyl (C=O) groups excluding carboxylic acids is 2. The zero-order valence-electron chi connectivity index (χ0n) is 11.4. The molecule has 104 valence electrons. The van der Waals surface area contributed by atoms with E-state index in [4.69, 9.17) is 0 Å². The van der Waals surface area contributed by atoms with E-state index in [9.17, 15) is 14.4 Å². The predicted molar refractivity (Wildman–Crippen MR) is 72.0 cm³/mol. The average Bonchev–Trinajstić information content (AvgIpc) is 2.27. The van der Waals surface area contributed by atoms with E-state index in [0.29, 0.717) is 5.69 Å². The fourth-order valence-electron chi connectivity index (χ4n) is 1.53. The summed E-state index contributed by atoms with van der Waals surface area (Å²) in [5, 5.41) is 5.26. The molecule has 2 amide bonds. The predicted octanol–water partition coefficient (Wildman–Crippen LogP) is 0.328. The van der Waals surface area contributed by atoms with Crippen molar-refractivity contribution in [1.29, 1.82) is 0 Å². The smallest absolute Gasteiger partial charge is 0.256 e. The fourth-order valence-corrected chi connectivity index (χ4v) is 1.53. The Labute approximate surface area is 111 Å². The van der Waals surface area contributed by atoms with Gasteiger partial charge in [0.1, 0.15) is 5.56 Å². The van der Waals surface area contributed by atoms with Crippen LogP contribution in [0.3, 0.4) is 0 Å². The van der Waals surface area contributed by atoms with Crippen LogP contribution in [0.5, 0.6) is 0 Å². The molecule has 1 heterocycles. The van der Waals surface area contributed by atoms with Crippen LogP contribution in [-0.4, -0.2) is 29.4 Å². The fraction of sp³-hybridized carbons (Fsp3) is 0.462. The SMILES string of the molecule is Cc1cc(=O)c(C(=O)NCCC(=O)NC(C)C)c[nH]1. The van der Waals surface area contributed by atoms with Gasteiger partial charge in [-0.05, 0) is 20.8 Å². The van der Waals surface area contributed by atoms with Crippen LogP contribution < -0.4 is 16.1 Å². The van der Waals surface area contributed by atoms with Gasteiger partial charge in [-0.1, -0.05) is 0 Å². The lowest BCUT2D eigenvalue weighted by atomic mass is 10.2. The second-order valence-corrected chi connectivity index (χ2v) is 4.62. The Kier molecular flexibility index (Phi) is 5.29. The minimum atomic E-state index is -0.474. The molecule has 0 aromatic carbocycles. The summed E-state index contributed by atoms with van der Waals surface area (Å²) in [7, 11) is 0. The Hall–Kier alpha value is -2.11. The number of aryl methyl sites for hydroxylation is 1. The molecule has 0 aliphatic heterocycles. The largest absolute Gasteiger partial charge is 0.364 e. The number of rotatable bonds is 5. The summed E-state index contributed by atoms with van der Waals surface area (Å²) in [6, 6.07) is 1.43. The van der Waals surface area contributed by atoms with E-state index in [1.54, 1.807) is 6.92 Å². The first-order chi connectivity index (χ1) is 8.90. The second kappa shape index (κ2) is 6.72. The number of amides is 2. The van der Waals surface area contributed by atoms with Crippen LogP contribution >= 0.6 is 0 Å². The Bertz CT molecular complexity index is 520. The molecule has 19 heavy (non-hydrogen) atoms. The van der Waals surface area contributed by atoms with Crippen LogP contribution in [0.1, 0.15) is 36.3 Å². The van der Waals surface area contributed by atoms with Crippen molar-refractivity contribution in [1.82, 2.24) is 15.6 Å². The van der Waals surface area contributed by atoms with E-state index >= 15 is 0 Å². The van der Waals surface area contributed by atoms with Crippen LogP contribution in [0.25, 0.3) is 0 Å². The molecular formula is C13H19N3O3. The van der Waals surface area contributed by atoms with Gasteiger partial charge in [0.05, 0.1) is 0 Å². The lowest BCUT2D eigenvalue weighted by Gasteiger charge is -2.08. The van der Waals surface area contributed by atoms with Gasteiger partial charge in [-0.3, -0.25) is 14.4 Å². The van der Waals surface area contributed by atoms with Crippen molar-refractivity contribution in [2.75, 3.05) is 6.54 Å². The third-order valence-electron chi connectivity index (χ3n) is 2.39. The van der Waals surface area contributed by atoms with Gasteiger partial charge in [-0.25, -0.2) is 0 Å². The van der Waals surface area contributed by atoms with E-state index < -0.39 is 5.91 Å². The molecule has 1 aromatic heterocycles. The second-order valence-electron chi connectivity index (χ2n) is 4.62. The highest BCUT2D eigenvalue weighted by molar-refractivity contribution is 5.94. The molecule has 0 radical (unpaired) electrons. The Balaban J connectivity index is 2.48. The molecule has 1 aromatic rings. The standard InChI is InChI=1S/C13H19N3O3/c1-8(2)16-12(18)4-5-14-13(19)10-7-15-9(3)6-11(10)17/h6-8H,4-5H2,1-3H3,(H,14,19)(H,15,17)(H,16,18). The van der Waals surface area contributed by atoms with Gasteiger partial charge in [0, 0.05) is 37.0 Å². The number of aromatic nitrogens is 1. The minimum Gasteiger partial charge on any atom is -0.364 e. The molecule has 6 nitrogen and oxygen atoms in total. The maximum atomic E-state index is 11.7. The number of hydrogen-bond acceptors (Lipinski definition) is 3. The van der Waals surface area contributed by atoms with Crippen molar-refractivity contribution >= 4 is 11.8 Å². The summed E-state index contributed by atoms with van der Waals surface area (Å²) >= 11 is 0. The zero-order chi connectivity index (χ0) is 14.4. The third-order valence-corrected chi connectivity index (χ3v) is 2.39. The molecule has 0 atom stereocenters. The van der Waals surface area contributed by atoms with Gasteiger partial charge >= 0.3 is 0 Å². The van der Waals surface area contributed by atoms with E-state index in [0.717, 1.165) is 0 Å². The van der Waals surface area contributed by atoms with Crippen molar-refractivity contribution in [3.05, 3.63) is 33.7 Å². The van der Waals surface area contributed by atoms with E-state index in [1.807, 2.05) is 13.8 Å². The monoisotopic (exact) mass is 265 g/mol. The maximum Gasteiger partial charge on any atom is 0.256 e. The summed E-state index contributed by atoms with van der Waals surface area (Å²) in [6.45, 7) is 5.66. The first-order valence-electron chi connectivity index (χ1n) is 6.17. The quantitative estimate of drug-likeness (QED) is 0.716. The highest BCUT2D eigenvalue weighted by atomic mass is 16.2. The molecule has 6 heteroatoms. The molecule has 0 aliphatic carbocycles. The number of pyridine rings is 1. The van der Waals surface area contributed by atoms with E-state index in [-0.39, 0.29) is 35.9 Å². The maximum absolute atomic E-state index is 11.7. The summed E-state index contributed by atoms with van der Waals surface area (Å²) in [4.78, 5) is 37.4. The highest BCUT2D eigenvalue weighted by Crippen LogP contribution is 1.92. The molecule has 0 fully saturated rings. The van der Waals surface area contributed by atoms with Gasteiger partial charge in [0.25, 0.3) is 5.91 Å². The molecule has 0 saturated heterocycles. The van der Waals surface area contributed by atoms with Crippen molar-refractivity contribution < 1.29 is 9.59 Å². The van der Waals surface area contributed by atoms with Gasteiger partial charge < -0.3 is 15.6 Å². The lowest BCUT2D eigenvalue weighted by Crippen LogP contribution is -2.35. The van der Waals surface area contributed by atoms with Crippen molar-refractivity contribution in [2.45, 2.75) is 33.2 Å². The van der Waals surface area contributed by atoms with Crippen LogP contribution in [0, 0.1) is 6.92 Å². The molecule has 0 aliphatic rings. The van der Waals surface area contributed by atoms with Crippen LogP contribution in [0.15, 0.2) is 17.1 Å². The summed E-state index contributed by atoms with van der Waals surface area (Å²) in [5.74, 6) is -0.605. The number of nitrogens with one attached hydrogen (secondary N) is 3. The molecule has 0 bridgehead atoms. The van der Waals surface area contributed by atoms with Gasteiger partial charge in [0.2, 0.25) is 5.91 Å². The first kappa shape index (κ1) is 14.9. The van der Waals surface area contributed by atoms with Crippen LogP contribution in [0.4, 0.5) is 0 Å². The molecule has 0 unspecified atom stereocenters. The summed E-state index contributed by atoms with van der Waals surface area (Å²) in [6.07, 6.45) is 1.56. The number of carbonyl (C=O) groups is 2. The molecule has 3 N–H and O–H groups in total. The lowest BCUT2D eigenvalue weighted by molar-refractivity contribution is -0.121. The number of H-pyrrole nitrogens is 1. The van der Waals surface area contributed by atoms with Crippen LogP contribution in [0.2, 0.25) is 0 Å². The van der Waals surface area contributed by atoms with Gasteiger partial charge in [-0.2, -0.15) is 0 Å². The first-order valence-corrected chi connectivity index (χ1v) is 6.17. The molecule has 0 spiro atoms. The molecule has 0 saturated carbocycles. The zero-order valence-corrected chi connectivity index (χ0v) is 11.4. The number of hydrogen-bond donors (Lipinski definition) is 3. The van der Waals surface area contributed by atoms with E-state index in [2.05, 4.69) is 15.6 Å². The topological polar surface area (TPSA) is 91.1 Å². The summed E-state index contributed by atoms with van der Waals surface area (Å²) in [5.41, 5.74) is 0.410. The van der Waals surface area contributed by atoms with Gasteiger partial charge in [0.15, 0.2) is 5.43 Å². The van der Waals surface area contributed by atoms with Crippen molar-refractivity contribution in [2.24, 2.45) is 0 Å². The van der Waals surface area contributed by atoms with Crippen molar-refractivity contribution in [3.8, 4) is 0 Å². The number of aromatic amines is 1. The molecular weight excluding hydrogens is 246 g/mol.